The van der Waals surface area contributed by atoms with E-state index in [-0.39, 0.29) is 5.91 Å². The number of nitrogens with one attached hydrogen (secondary N) is 1. The van der Waals surface area contributed by atoms with E-state index in [1.165, 1.54) is 0 Å². The monoisotopic (exact) mass is 290 g/mol. The second-order valence-electron chi connectivity index (χ2n) is 5.20. The first-order valence-corrected chi connectivity index (χ1v) is 7.01. The van der Waals surface area contributed by atoms with Crippen LogP contribution < -0.4 is 10.1 Å². The zero-order chi connectivity index (χ0) is 15.2. The van der Waals surface area contributed by atoms with E-state index in [1.54, 1.807) is 13.3 Å². The largest absolute Gasteiger partial charge is 0.497 e. The third-order valence-electron chi connectivity index (χ3n) is 3.28. The van der Waals surface area contributed by atoms with Crippen LogP contribution in [0, 0.1) is 0 Å². The molecule has 21 heavy (non-hydrogen) atoms. The Morgan fingerprint density at radius 2 is 2.24 bits per heavy atom. The molecule has 1 N–H and O–H groups in total. The fourth-order valence-electron chi connectivity index (χ4n) is 2.09. The molecular weight excluding hydrogens is 268 g/mol. The van der Waals surface area contributed by atoms with Gasteiger partial charge in [0.2, 0.25) is 5.91 Å². The Hall–Kier alpha value is -2.08. The number of hydrogen-bond acceptors (Lipinski definition) is 4. The van der Waals surface area contributed by atoms with Crippen LogP contribution in [0.4, 0.5) is 0 Å². The molecule has 0 bridgehead atoms. The molecule has 0 atom stereocenters. The number of ether oxygens (including phenoxy) is 1. The van der Waals surface area contributed by atoms with E-state index in [1.807, 2.05) is 41.9 Å². The predicted molar refractivity (Wildman–Crippen MR) is 82.5 cm³/mol. The summed E-state index contributed by atoms with van der Waals surface area (Å²) in [6.45, 7) is 2.09. The number of benzene rings is 1. The summed E-state index contributed by atoms with van der Waals surface area (Å²) in [5.41, 5.74) is 1.01. The summed E-state index contributed by atoms with van der Waals surface area (Å²) < 4.78 is 7.04. The van der Waals surface area contributed by atoms with Gasteiger partial charge in [-0.25, -0.2) is 0 Å². The van der Waals surface area contributed by atoms with Crippen molar-refractivity contribution in [1.29, 1.82) is 0 Å². The molecular formula is C15H22N4O2. The number of amides is 1. The van der Waals surface area contributed by atoms with Gasteiger partial charge in [-0.1, -0.05) is 0 Å². The lowest BCUT2D eigenvalue weighted by Gasteiger charge is -2.10. The van der Waals surface area contributed by atoms with Crippen LogP contribution in [0.5, 0.6) is 5.75 Å². The maximum Gasteiger partial charge on any atom is 0.221 e. The molecule has 0 saturated heterocycles. The highest BCUT2D eigenvalue weighted by atomic mass is 16.5. The molecule has 0 aliphatic heterocycles. The van der Waals surface area contributed by atoms with E-state index in [9.17, 15) is 4.79 Å². The standard InChI is InChI=1S/C15H22N4O2/c1-18(2)9-7-16-15(20)6-8-19-14-5-4-13(21-3)10-12(14)11-17-19/h4-5,10-11H,6-9H2,1-3H3,(H,16,20). The summed E-state index contributed by atoms with van der Waals surface area (Å²) in [5.74, 6) is 0.859. The number of aryl methyl sites for hydroxylation is 1. The van der Waals surface area contributed by atoms with Gasteiger partial charge in [0, 0.05) is 24.9 Å². The van der Waals surface area contributed by atoms with Gasteiger partial charge in [0.05, 0.1) is 25.4 Å². The number of hydrogen-bond donors (Lipinski definition) is 1. The number of fused-ring (bicyclic) bond motifs is 1. The normalized spacial score (nSPS) is 11.0. The van der Waals surface area contributed by atoms with Crippen molar-refractivity contribution in [1.82, 2.24) is 20.0 Å². The molecule has 0 aliphatic carbocycles. The fraction of sp³-hybridized carbons (Fsp3) is 0.467. The van der Waals surface area contributed by atoms with Crippen molar-refractivity contribution in [3.8, 4) is 5.75 Å². The zero-order valence-electron chi connectivity index (χ0n) is 12.8. The Balaban J connectivity index is 1.90. The molecule has 1 amide bonds. The Morgan fingerprint density at radius 1 is 1.43 bits per heavy atom. The SMILES string of the molecule is COc1ccc2c(cnn2CCC(=O)NCCN(C)C)c1. The molecule has 6 heteroatoms. The van der Waals surface area contributed by atoms with Gasteiger partial charge in [-0.3, -0.25) is 9.48 Å². The van der Waals surface area contributed by atoms with Crippen LogP contribution in [0.15, 0.2) is 24.4 Å². The first kappa shape index (κ1) is 15.3. The van der Waals surface area contributed by atoms with Crippen LogP contribution in [0.2, 0.25) is 0 Å². The summed E-state index contributed by atoms with van der Waals surface area (Å²) >= 11 is 0. The molecule has 0 aliphatic rings. The minimum Gasteiger partial charge on any atom is -0.497 e. The van der Waals surface area contributed by atoms with Gasteiger partial charge in [0.1, 0.15) is 5.75 Å². The molecule has 0 spiro atoms. The smallest absolute Gasteiger partial charge is 0.221 e. The van der Waals surface area contributed by atoms with E-state index in [2.05, 4.69) is 10.4 Å². The summed E-state index contributed by atoms with van der Waals surface area (Å²) in [6.07, 6.45) is 2.22. The number of aromatic nitrogens is 2. The first-order valence-electron chi connectivity index (χ1n) is 7.01. The van der Waals surface area contributed by atoms with E-state index < -0.39 is 0 Å². The van der Waals surface area contributed by atoms with Crippen molar-refractivity contribution < 1.29 is 9.53 Å². The van der Waals surface area contributed by atoms with E-state index in [0.717, 1.165) is 23.2 Å². The van der Waals surface area contributed by atoms with Gasteiger partial charge >= 0.3 is 0 Å². The predicted octanol–water partition coefficient (Wildman–Crippen LogP) is 1.11. The molecule has 2 rings (SSSR count). The van der Waals surface area contributed by atoms with Crippen molar-refractivity contribution in [2.24, 2.45) is 0 Å². The summed E-state index contributed by atoms with van der Waals surface area (Å²) in [5, 5.41) is 8.24. The fourth-order valence-corrected chi connectivity index (χ4v) is 2.09. The molecule has 0 radical (unpaired) electrons. The molecule has 1 heterocycles. The molecule has 0 saturated carbocycles. The van der Waals surface area contributed by atoms with Crippen molar-refractivity contribution in [2.75, 3.05) is 34.3 Å². The molecule has 6 nitrogen and oxygen atoms in total. The maximum atomic E-state index is 11.8. The summed E-state index contributed by atoms with van der Waals surface area (Å²) in [6, 6.07) is 5.80. The maximum absolute atomic E-state index is 11.8. The van der Waals surface area contributed by atoms with Crippen molar-refractivity contribution in [3.05, 3.63) is 24.4 Å². The number of likely N-dealkylation sites (N-methyl/N-ethyl adjacent to an activating group) is 1. The number of nitrogens with zero attached hydrogens (tertiary/aromatic N) is 3. The van der Waals surface area contributed by atoms with Crippen LogP contribution in [0.1, 0.15) is 6.42 Å². The zero-order valence-corrected chi connectivity index (χ0v) is 12.8. The van der Waals surface area contributed by atoms with Crippen molar-refractivity contribution >= 4 is 16.8 Å². The lowest BCUT2D eigenvalue weighted by atomic mass is 10.2. The van der Waals surface area contributed by atoms with Crippen molar-refractivity contribution in [2.45, 2.75) is 13.0 Å². The highest BCUT2D eigenvalue weighted by molar-refractivity contribution is 5.80. The average molecular weight is 290 g/mol. The van der Waals surface area contributed by atoms with Crippen molar-refractivity contribution in [3.63, 3.8) is 0 Å². The van der Waals surface area contributed by atoms with Crippen LogP contribution >= 0.6 is 0 Å². The van der Waals surface area contributed by atoms with Gasteiger partial charge in [0.25, 0.3) is 0 Å². The Labute approximate surface area is 124 Å². The van der Waals surface area contributed by atoms with Crippen LogP contribution in [-0.4, -0.2) is 54.9 Å². The molecule has 1 aromatic carbocycles. The van der Waals surface area contributed by atoms with Gasteiger partial charge in [-0.2, -0.15) is 5.10 Å². The van der Waals surface area contributed by atoms with Crippen LogP contribution in [0.3, 0.4) is 0 Å². The Morgan fingerprint density at radius 3 is 2.95 bits per heavy atom. The van der Waals surface area contributed by atoms with E-state index in [0.29, 0.717) is 19.5 Å². The second kappa shape index (κ2) is 7.08. The molecule has 114 valence electrons. The first-order chi connectivity index (χ1) is 10.1. The lowest BCUT2D eigenvalue weighted by Crippen LogP contribution is -2.31. The average Bonchev–Trinajstić information content (AvgIpc) is 2.86. The highest BCUT2D eigenvalue weighted by Crippen LogP contribution is 2.20. The topological polar surface area (TPSA) is 59.4 Å². The third kappa shape index (κ3) is 4.19. The third-order valence-corrected chi connectivity index (χ3v) is 3.28. The number of rotatable bonds is 7. The van der Waals surface area contributed by atoms with E-state index >= 15 is 0 Å². The minimum atomic E-state index is 0.0500. The van der Waals surface area contributed by atoms with Gasteiger partial charge in [-0.15, -0.1) is 0 Å². The highest BCUT2D eigenvalue weighted by Gasteiger charge is 2.06. The van der Waals surface area contributed by atoms with Gasteiger partial charge in [-0.05, 0) is 32.3 Å². The number of carbonyl (C=O) groups excluding carboxylic acids is 1. The Bertz CT molecular complexity index is 607. The molecule has 2 aromatic rings. The quantitative estimate of drug-likeness (QED) is 0.830. The van der Waals surface area contributed by atoms with Crippen LogP contribution in [0.25, 0.3) is 10.9 Å². The van der Waals surface area contributed by atoms with Crippen LogP contribution in [-0.2, 0) is 11.3 Å². The second-order valence-corrected chi connectivity index (χ2v) is 5.20. The molecule has 1 aromatic heterocycles. The Kier molecular flexibility index (Phi) is 5.16. The summed E-state index contributed by atoms with van der Waals surface area (Å²) in [4.78, 5) is 13.8. The number of carbonyl (C=O) groups is 1. The van der Waals surface area contributed by atoms with Gasteiger partial charge < -0.3 is 15.0 Å². The van der Waals surface area contributed by atoms with Gasteiger partial charge in [0.15, 0.2) is 0 Å². The molecule has 0 unspecified atom stereocenters. The number of methoxy groups -OCH3 is 1. The molecule has 0 fully saturated rings. The lowest BCUT2D eigenvalue weighted by molar-refractivity contribution is -0.121. The van der Waals surface area contributed by atoms with E-state index in [4.69, 9.17) is 4.74 Å². The summed E-state index contributed by atoms with van der Waals surface area (Å²) in [7, 11) is 5.61. The minimum absolute atomic E-state index is 0.0500.